The van der Waals surface area contributed by atoms with Crippen molar-refractivity contribution in [3.05, 3.63) is 48.1 Å². The van der Waals surface area contributed by atoms with E-state index >= 15 is 0 Å². The first-order valence-electron chi connectivity index (χ1n) is 7.84. The SMILES string of the molecule is COc1ccccc1-c1noc(CNC(C)Cn2cc(C)cn2)n1. The van der Waals surface area contributed by atoms with Crippen molar-refractivity contribution in [2.75, 3.05) is 7.11 Å². The molecular formula is C17H21N5O2. The normalized spacial score (nSPS) is 12.3. The number of ether oxygens (including phenoxy) is 1. The van der Waals surface area contributed by atoms with Crippen molar-refractivity contribution in [2.45, 2.75) is 33.0 Å². The van der Waals surface area contributed by atoms with Crippen molar-refractivity contribution in [3.8, 4) is 17.1 Å². The maximum Gasteiger partial charge on any atom is 0.240 e. The summed E-state index contributed by atoms with van der Waals surface area (Å²) in [5.41, 5.74) is 1.97. The van der Waals surface area contributed by atoms with Crippen molar-refractivity contribution >= 4 is 0 Å². The highest BCUT2D eigenvalue weighted by atomic mass is 16.5. The molecule has 1 atom stereocenters. The number of benzene rings is 1. The molecule has 3 aromatic rings. The third-order valence-electron chi connectivity index (χ3n) is 3.64. The van der Waals surface area contributed by atoms with Gasteiger partial charge in [0.1, 0.15) is 5.75 Å². The highest BCUT2D eigenvalue weighted by Gasteiger charge is 2.13. The molecule has 3 rings (SSSR count). The summed E-state index contributed by atoms with van der Waals surface area (Å²) in [7, 11) is 1.63. The molecule has 7 heteroatoms. The maximum absolute atomic E-state index is 5.33. The van der Waals surface area contributed by atoms with Gasteiger partial charge < -0.3 is 14.6 Å². The lowest BCUT2D eigenvalue weighted by Gasteiger charge is -2.11. The number of nitrogens with one attached hydrogen (secondary N) is 1. The molecule has 0 saturated heterocycles. The Morgan fingerprint density at radius 1 is 1.33 bits per heavy atom. The van der Waals surface area contributed by atoms with Gasteiger partial charge in [0.2, 0.25) is 11.7 Å². The topological polar surface area (TPSA) is 78.0 Å². The van der Waals surface area contributed by atoms with E-state index in [0.717, 1.165) is 23.4 Å². The minimum Gasteiger partial charge on any atom is -0.496 e. The number of hydrogen-bond acceptors (Lipinski definition) is 6. The Balaban J connectivity index is 1.60. The summed E-state index contributed by atoms with van der Waals surface area (Å²) < 4.78 is 12.6. The molecule has 1 N–H and O–H groups in total. The number of para-hydroxylation sites is 1. The Morgan fingerprint density at radius 2 is 2.17 bits per heavy atom. The summed E-state index contributed by atoms with van der Waals surface area (Å²) >= 11 is 0. The summed E-state index contributed by atoms with van der Waals surface area (Å²) in [4.78, 5) is 4.43. The van der Waals surface area contributed by atoms with Gasteiger partial charge >= 0.3 is 0 Å². The van der Waals surface area contributed by atoms with Crippen molar-refractivity contribution in [3.63, 3.8) is 0 Å². The molecule has 0 aliphatic rings. The molecule has 0 amide bonds. The molecule has 7 nitrogen and oxygen atoms in total. The van der Waals surface area contributed by atoms with Gasteiger partial charge in [-0.2, -0.15) is 10.1 Å². The number of rotatable bonds is 7. The standard InChI is InChI=1S/C17H21N5O2/c1-12-8-19-22(10-12)11-13(2)18-9-16-20-17(21-24-16)14-6-4-5-7-15(14)23-3/h4-8,10,13,18H,9,11H2,1-3H3. The summed E-state index contributed by atoms with van der Waals surface area (Å²) in [6.45, 7) is 5.40. The van der Waals surface area contributed by atoms with Gasteiger partial charge in [0, 0.05) is 12.2 Å². The molecule has 1 aromatic carbocycles. The zero-order valence-electron chi connectivity index (χ0n) is 14.1. The molecule has 2 heterocycles. The average molecular weight is 327 g/mol. The smallest absolute Gasteiger partial charge is 0.240 e. The summed E-state index contributed by atoms with van der Waals surface area (Å²) in [5, 5.41) is 11.7. The van der Waals surface area contributed by atoms with E-state index in [0.29, 0.717) is 18.3 Å². The van der Waals surface area contributed by atoms with Crippen LogP contribution in [0.2, 0.25) is 0 Å². The average Bonchev–Trinajstić information content (AvgIpc) is 3.22. The van der Waals surface area contributed by atoms with Crippen LogP contribution in [0.5, 0.6) is 5.75 Å². The molecule has 0 bridgehead atoms. The lowest BCUT2D eigenvalue weighted by atomic mass is 10.2. The zero-order valence-corrected chi connectivity index (χ0v) is 14.1. The predicted octanol–water partition coefficient (Wildman–Crippen LogP) is 2.43. The maximum atomic E-state index is 5.33. The van der Waals surface area contributed by atoms with Gasteiger partial charge in [0.05, 0.1) is 32.0 Å². The van der Waals surface area contributed by atoms with Crippen LogP contribution in [0.4, 0.5) is 0 Å². The minimum atomic E-state index is 0.228. The molecular weight excluding hydrogens is 306 g/mol. The number of hydrogen-bond donors (Lipinski definition) is 1. The zero-order chi connectivity index (χ0) is 16.9. The van der Waals surface area contributed by atoms with E-state index in [1.807, 2.05) is 48.3 Å². The summed E-state index contributed by atoms with van der Waals surface area (Å²) in [6.07, 6.45) is 3.87. The van der Waals surface area contributed by atoms with Crippen LogP contribution in [-0.4, -0.2) is 33.1 Å². The summed E-state index contributed by atoms with van der Waals surface area (Å²) in [5.74, 6) is 1.79. The fraction of sp³-hybridized carbons (Fsp3) is 0.353. The van der Waals surface area contributed by atoms with Gasteiger partial charge in [-0.1, -0.05) is 17.3 Å². The van der Waals surface area contributed by atoms with Crippen LogP contribution in [0.15, 0.2) is 41.2 Å². The second-order valence-corrected chi connectivity index (χ2v) is 5.73. The number of nitrogens with zero attached hydrogens (tertiary/aromatic N) is 4. The van der Waals surface area contributed by atoms with Crippen LogP contribution in [0.25, 0.3) is 11.4 Å². The van der Waals surface area contributed by atoms with Crippen molar-refractivity contribution in [2.24, 2.45) is 0 Å². The number of methoxy groups -OCH3 is 1. The van der Waals surface area contributed by atoms with Crippen molar-refractivity contribution in [1.29, 1.82) is 0 Å². The van der Waals surface area contributed by atoms with Crippen molar-refractivity contribution in [1.82, 2.24) is 25.2 Å². The summed E-state index contributed by atoms with van der Waals surface area (Å²) in [6, 6.07) is 7.83. The number of aryl methyl sites for hydroxylation is 1. The van der Waals surface area contributed by atoms with Crippen molar-refractivity contribution < 1.29 is 9.26 Å². The van der Waals surface area contributed by atoms with Crippen LogP contribution >= 0.6 is 0 Å². The van der Waals surface area contributed by atoms with Gasteiger partial charge in [0.15, 0.2) is 0 Å². The number of aromatic nitrogens is 4. The monoisotopic (exact) mass is 327 g/mol. The second kappa shape index (κ2) is 7.27. The van der Waals surface area contributed by atoms with E-state index < -0.39 is 0 Å². The van der Waals surface area contributed by atoms with E-state index in [-0.39, 0.29) is 6.04 Å². The molecule has 0 spiro atoms. The Hall–Kier alpha value is -2.67. The first-order chi connectivity index (χ1) is 11.7. The molecule has 1 unspecified atom stereocenters. The highest BCUT2D eigenvalue weighted by molar-refractivity contribution is 5.63. The van der Waals surface area contributed by atoms with Gasteiger partial charge in [-0.3, -0.25) is 4.68 Å². The molecule has 2 aromatic heterocycles. The van der Waals surface area contributed by atoms with Crippen LogP contribution in [0, 0.1) is 6.92 Å². The van der Waals surface area contributed by atoms with Crippen LogP contribution in [-0.2, 0) is 13.1 Å². The quantitative estimate of drug-likeness (QED) is 0.718. The van der Waals surface area contributed by atoms with Crippen LogP contribution < -0.4 is 10.1 Å². The molecule has 0 radical (unpaired) electrons. The molecule has 24 heavy (non-hydrogen) atoms. The van der Waals surface area contributed by atoms with Gasteiger partial charge in [-0.15, -0.1) is 0 Å². The molecule has 0 fully saturated rings. The van der Waals surface area contributed by atoms with E-state index in [9.17, 15) is 0 Å². The Labute approximate surface area is 140 Å². The Bertz CT molecular complexity index is 796. The van der Waals surface area contributed by atoms with Gasteiger partial charge in [-0.05, 0) is 31.5 Å². The fourth-order valence-corrected chi connectivity index (χ4v) is 2.44. The largest absolute Gasteiger partial charge is 0.496 e. The minimum absolute atomic E-state index is 0.228. The Kier molecular flexibility index (Phi) is 4.90. The molecule has 0 aliphatic heterocycles. The lowest BCUT2D eigenvalue weighted by molar-refractivity contribution is 0.350. The predicted molar refractivity (Wildman–Crippen MR) is 89.6 cm³/mol. The second-order valence-electron chi connectivity index (χ2n) is 5.73. The third kappa shape index (κ3) is 3.80. The Morgan fingerprint density at radius 3 is 2.92 bits per heavy atom. The molecule has 0 saturated carbocycles. The van der Waals surface area contributed by atoms with E-state index in [1.165, 1.54) is 0 Å². The third-order valence-corrected chi connectivity index (χ3v) is 3.64. The van der Waals surface area contributed by atoms with E-state index in [1.54, 1.807) is 7.11 Å². The van der Waals surface area contributed by atoms with Gasteiger partial charge in [0.25, 0.3) is 0 Å². The first-order valence-corrected chi connectivity index (χ1v) is 7.84. The fourth-order valence-electron chi connectivity index (χ4n) is 2.44. The van der Waals surface area contributed by atoms with Crippen LogP contribution in [0.1, 0.15) is 18.4 Å². The van der Waals surface area contributed by atoms with Gasteiger partial charge in [-0.25, -0.2) is 0 Å². The van der Waals surface area contributed by atoms with E-state index in [2.05, 4.69) is 27.5 Å². The van der Waals surface area contributed by atoms with Crippen LogP contribution in [0.3, 0.4) is 0 Å². The van der Waals surface area contributed by atoms with E-state index in [4.69, 9.17) is 9.26 Å². The first kappa shape index (κ1) is 16.2. The molecule has 126 valence electrons. The molecule has 0 aliphatic carbocycles. The lowest BCUT2D eigenvalue weighted by Crippen LogP contribution is -2.30. The highest BCUT2D eigenvalue weighted by Crippen LogP contribution is 2.26.